The maximum absolute atomic E-state index is 8.56. The van der Waals surface area contributed by atoms with Gasteiger partial charge in [-0.1, -0.05) is 0 Å². The molecule has 0 saturated carbocycles. The van der Waals surface area contributed by atoms with Gasteiger partial charge in [0.15, 0.2) is 0 Å². The van der Waals surface area contributed by atoms with E-state index in [1.807, 2.05) is 0 Å². The van der Waals surface area contributed by atoms with Crippen molar-refractivity contribution in [3.63, 3.8) is 0 Å². The van der Waals surface area contributed by atoms with Crippen molar-refractivity contribution >= 4 is 6.16 Å². The van der Waals surface area contributed by atoms with Crippen molar-refractivity contribution in [1.82, 2.24) is 0 Å². The fraction of sp³-hybridized carbons (Fsp3) is 0. The van der Waals surface area contributed by atoms with Gasteiger partial charge in [-0.25, -0.2) is 4.79 Å². The van der Waals surface area contributed by atoms with Gasteiger partial charge >= 0.3 is 6.16 Å². The molecule has 0 heterocycles. The van der Waals surface area contributed by atoms with Crippen molar-refractivity contribution in [1.29, 1.82) is 0 Å². The van der Waals surface area contributed by atoms with Crippen LogP contribution < -0.4 is 0 Å². The quantitative estimate of drug-likeness (QED) is 0.518. The van der Waals surface area contributed by atoms with Crippen molar-refractivity contribution in [2.75, 3.05) is 0 Å². The molecule has 0 aromatic heterocycles. The maximum atomic E-state index is 8.56. The van der Waals surface area contributed by atoms with E-state index in [-0.39, 0.29) is 33.6 Å². The minimum atomic E-state index is -1.83. The third-order valence-electron chi connectivity index (χ3n) is 0. The Balaban J connectivity index is -0.0000000450. The van der Waals surface area contributed by atoms with Gasteiger partial charge < -0.3 is 10.2 Å². The van der Waals surface area contributed by atoms with Crippen LogP contribution >= 0.6 is 0 Å². The molecule has 5 heteroatoms. The van der Waals surface area contributed by atoms with Gasteiger partial charge in [0.2, 0.25) is 0 Å². The average Bonchev–Trinajstić information content (AvgIpc) is 0.811. The third-order valence-corrected chi connectivity index (χ3v) is 0. The summed E-state index contributed by atoms with van der Waals surface area (Å²) in [6.45, 7) is 0. The van der Waals surface area contributed by atoms with E-state index in [1.54, 1.807) is 0 Å². The summed E-state index contributed by atoms with van der Waals surface area (Å²) in [6, 6.07) is 0. The van der Waals surface area contributed by atoms with Crippen molar-refractivity contribution < 1.29 is 48.6 Å². The second-order valence-corrected chi connectivity index (χ2v) is 0.283. The van der Waals surface area contributed by atoms with E-state index in [0.29, 0.717) is 0 Å². The van der Waals surface area contributed by atoms with Crippen LogP contribution in [0.4, 0.5) is 4.79 Å². The molecule has 0 aromatic rings. The van der Waals surface area contributed by atoms with Crippen LogP contribution in [0.5, 0.6) is 0 Å². The minimum absolute atomic E-state index is 0. The van der Waals surface area contributed by atoms with Gasteiger partial charge in [0.05, 0.1) is 0 Å². The van der Waals surface area contributed by atoms with E-state index in [1.165, 1.54) is 0 Å². The van der Waals surface area contributed by atoms with Crippen LogP contribution in [0.25, 0.3) is 0 Å². The van der Waals surface area contributed by atoms with Crippen LogP contribution in [-0.2, 0) is 33.6 Å². The first-order valence-corrected chi connectivity index (χ1v) is 0.651. The van der Waals surface area contributed by atoms with Gasteiger partial charge in [-0.2, -0.15) is 0 Å². The van der Waals surface area contributed by atoms with E-state index >= 15 is 0 Å². The van der Waals surface area contributed by atoms with E-state index < -0.39 is 6.16 Å². The fourth-order valence-corrected chi connectivity index (χ4v) is 0. The molecule has 0 aromatic carbocycles. The van der Waals surface area contributed by atoms with Gasteiger partial charge in [0.25, 0.3) is 0 Å². The summed E-state index contributed by atoms with van der Waals surface area (Å²) in [5.74, 6) is 0. The molecule has 0 rings (SSSR count). The molecule has 6 heavy (non-hydrogen) atoms. The number of rotatable bonds is 0. The van der Waals surface area contributed by atoms with E-state index in [2.05, 4.69) is 0 Å². The zero-order chi connectivity index (χ0) is 3.58. The van der Waals surface area contributed by atoms with Gasteiger partial charge in [-0.3, -0.25) is 0 Å². The first-order chi connectivity index (χ1) is 1.73. The van der Waals surface area contributed by atoms with Crippen molar-refractivity contribution in [3.05, 3.63) is 0 Å². The van der Waals surface area contributed by atoms with Crippen LogP contribution in [-0.4, -0.2) is 16.4 Å². The van der Waals surface area contributed by atoms with Crippen LogP contribution in [0, 0.1) is 0 Å². The molecule has 41 valence electrons. The maximum Gasteiger partial charge on any atom is 0.503 e. The predicted octanol–water partition coefficient (Wildman–Crippen LogP) is 0.217. The van der Waals surface area contributed by atoms with E-state index in [9.17, 15) is 0 Å². The second-order valence-electron chi connectivity index (χ2n) is 0.283. The monoisotopic (exact) mass is 175 g/mol. The zero-order valence-corrected chi connectivity index (χ0v) is 4.66. The minimum Gasteiger partial charge on any atom is -0.450 e. The van der Waals surface area contributed by atoms with Gasteiger partial charge in [-0.05, 0) is 0 Å². The molecule has 0 atom stereocenters. The van der Waals surface area contributed by atoms with Crippen molar-refractivity contribution in [2.45, 2.75) is 0 Å². The topological polar surface area (TPSA) is 57.5 Å². The molecule has 0 aliphatic heterocycles. The summed E-state index contributed by atoms with van der Waals surface area (Å²) in [7, 11) is 0. The molecule has 0 amide bonds. The zero-order valence-electron chi connectivity index (χ0n) is 2.50. The van der Waals surface area contributed by atoms with Crippen molar-refractivity contribution in [2.24, 2.45) is 0 Å². The molecule has 0 fully saturated rings. The second kappa shape index (κ2) is 8.99. The Labute approximate surface area is 55.1 Å². The first-order valence-electron chi connectivity index (χ1n) is 0.651. The molecular formula is CH2MnNiO3. The number of carbonyl (C=O) groups is 1. The molecule has 2 N–H and O–H groups in total. The fourth-order valence-electron chi connectivity index (χ4n) is 0. The largest absolute Gasteiger partial charge is 0.503 e. The Morgan fingerprint density at radius 3 is 1.33 bits per heavy atom. The molecule has 3 nitrogen and oxygen atoms in total. The standard InChI is InChI=1S/CH2O3.Mn.Ni/c2-1(3)4;;/h(H2,2,3,4);;. The Bertz CT molecular complexity index is 33.8. The molecule has 0 unspecified atom stereocenters. The Morgan fingerprint density at radius 1 is 1.33 bits per heavy atom. The summed E-state index contributed by atoms with van der Waals surface area (Å²) >= 11 is 0. The first kappa shape index (κ1) is 16.3. The summed E-state index contributed by atoms with van der Waals surface area (Å²) in [5.41, 5.74) is 0. The van der Waals surface area contributed by atoms with Crippen LogP contribution in [0.15, 0.2) is 0 Å². The number of carboxylic acid groups (broad SMARTS) is 2. The number of hydrogen-bond donors (Lipinski definition) is 2. The molecule has 0 spiro atoms. The Hall–Kier alpha value is 0.283. The molecule has 0 bridgehead atoms. The van der Waals surface area contributed by atoms with E-state index in [0.717, 1.165) is 0 Å². The Kier molecular flexibility index (Phi) is 24.4. The third kappa shape index (κ3) is 576. The smallest absolute Gasteiger partial charge is 0.450 e. The van der Waals surface area contributed by atoms with Crippen LogP contribution in [0.3, 0.4) is 0 Å². The molecule has 0 aliphatic rings. The SMILES string of the molecule is O=C(O)O.[Mn].[Ni]. The average molecular weight is 176 g/mol. The summed E-state index contributed by atoms with van der Waals surface area (Å²) < 4.78 is 0. The predicted molar refractivity (Wildman–Crippen MR) is 10.7 cm³/mol. The molecule has 1 radical (unpaired) electrons. The van der Waals surface area contributed by atoms with Crippen molar-refractivity contribution in [3.8, 4) is 0 Å². The van der Waals surface area contributed by atoms with Crippen LogP contribution in [0.1, 0.15) is 0 Å². The molecule has 0 aliphatic carbocycles. The van der Waals surface area contributed by atoms with E-state index in [4.69, 9.17) is 15.0 Å². The molecular weight excluding hydrogens is 174 g/mol. The van der Waals surface area contributed by atoms with Crippen LogP contribution in [0.2, 0.25) is 0 Å². The normalized spacial score (nSPS) is 4.00. The summed E-state index contributed by atoms with van der Waals surface area (Å²) in [4.78, 5) is 8.56. The van der Waals surface area contributed by atoms with Gasteiger partial charge in [-0.15, -0.1) is 0 Å². The summed E-state index contributed by atoms with van der Waals surface area (Å²) in [5, 5.41) is 13.9. The molecule has 0 saturated heterocycles. The van der Waals surface area contributed by atoms with Gasteiger partial charge in [0, 0.05) is 33.6 Å². The summed E-state index contributed by atoms with van der Waals surface area (Å²) in [6.07, 6.45) is -1.83. The van der Waals surface area contributed by atoms with Gasteiger partial charge in [0.1, 0.15) is 0 Å². The Morgan fingerprint density at radius 2 is 1.33 bits per heavy atom. The number of hydrogen-bond acceptors (Lipinski definition) is 1.